The maximum absolute atomic E-state index is 7.55. The average molecular weight is 220 g/mol. The van der Waals surface area contributed by atoms with E-state index >= 15 is 0 Å². The summed E-state index contributed by atoms with van der Waals surface area (Å²) in [6.07, 6.45) is 8.15. The molecular weight excluding hydrogens is 200 g/mol. The molecular formula is C12H20N4. The maximum Gasteiger partial charge on any atom is 0.192 e. The standard InChI is InChI=1S/C12H20N4/c1-2-3-4-5-10-16(12(13)14)11-6-8-15-9-7-11/h6-9H,2-5,10H2,1H3,(H3,13,14). The summed E-state index contributed by atoms with van der Waals surface area (Å²) in [6, 6.07) is 3.75. The second-order valence-electron chi connectivity index (χ2n) is 3.80. The molecule has 88 valence electrons. The van der Waals surface area contributed by atoms with Crippen LogP contribution < -0.4 is 10.6 Å². The Bertz CT molecular complexity index is 310. The van der Waals surface area contributed by atoms with Crippen molar-refractivity contribution in [1.29, 1.82) is 5.41 Å². The number of nitrogens with zero attached hydrogens (tertiary/aromatic N) is 2. The lowest BCUT2D eigenvalue weighted by atomic mass is 10.2. The molecule has 0 bridgehead atoms. The van der Waals surface area contributed by atoms with Gasteiger partial charge in [-0.25, -0.2) is 0 Å². The van der Waals surface area contributed by atoms with Gasteiger partial charge in [0.15, 0.2) is 5.96 Å². The molecule has 4 heteroatoms. The van der Waals surface area contributed by atoms with E-state index < -0.39 is 0 Å². The second-order valence-corrected chi connectivity index (χ2v) is 3.80. The highest BCUT2D eigenvalue weighted by atomic mass is 15.2. The van der Waals surface area contributed by atoms with Gasteiger partial charge in [0.25, 0.3) is 0 Å². The minimum absolute atomic E-state index is 0.0997. The number of nitrogens with one attached hydrogen (secondary N) is 1. The van der Waals surface area contributed by atoms with Gasteiger partial charge in [-0.2, -0.15) is 0 Å². The van der Waals surface area contributed by atoms with E-state index in [1.54, 1.807) is 12.4 Å². The van der Waals surface area contributed by atoms with Crippen molar-refractivity contribution in [3.8, 4) is 0 Å². The van der Waals surface area contributed by atoms with E-state index in [9.17, 15) is 0 Å². The van der Waals surface area contributed by atoms with Gasteiger partial charge in [0.05, 0.1) is 0 Å². The van der Waals surface area contributed by atoms with Crippen LogP contribution in [0.1, 0.15) is 32.6 Å². The van der Waals surface area contributed by atoms with E-state index in [0.717, 1.165) is 18.7 Å². The SMILES string of the molecule is CCCCCCN(C(=N)N)c1ccncc1. The largest absolute Gasteiger partial charge is 0.370 e. The van der Waals surface area contributed by atoms with E-state index in [0.29, 0.717) is 0 Å². The normalized spacial score (nSPS) is 10.1. The van der Waals surface area contributed by atoms with Crippen LogP contribution in [0, 0.1) is 5.41 Å². The molecule has 4 nitrogen and oxygen atoms in total. The topological polar surface area (TPSA) is 66.0 Å². The fraction of sp³-hybridized carbons (Fsp3) is 0.500. The summed E-state index contributed by atoms with van der Waals surface area (Å²) in [5, 5.41) is 7.55. The minimum atomic E-state index is 0.0997. The summed E-state index contributed by atoms with van der Waals surface area (Å²) in [6.45, 7) is 2.99. The predicted octanol–water partition coefficient (Wildman–Crippen LogP) is 2.36. The van der Waals surface area contributed by atoms with Crippen molar-refractivity contribution in [2.24, 2.45) is 5.73 Å². The summed E-state index contributed by atoms with van der Waals surface area (Å²) in [5.41, 5.74) is 6.52. The van der Waals surface area contributed by atoms with Gasteiger partial charge in [0, 0.05) is 24.6 Å². The highest BCUT2D eigenvalue weighted by Gasteiger charge is 2.08. The first-order valence-electron chi connectivity index (χ1n) is 5.77. The molecule has 3 N–H and O–H groups in total. The van der Waals surface area contributed by atoms with Gasteiger partial charge >= 0.3 is 0 Å². The number of anilines is 1. The van der Waals surface area contributed by atoms with Gasteiger partial charge in [0.2, 0.25) is 0 Å². The number of aromatic nitrogens is 1. The summed E-state index contributed by atoms with van der Waals surface area (Å²) >= 11 is 0. The molecule has 0 aromatic carbocycles. The van der Waals surface area contributed by atoms with E-state index in [1.165, 1.54) is 19.3 Å². The molecule has 16 heavy (non-hydrogen) atoms. The van der Waals surface area contributed by atoms with Crippen LogP contribution in [0.5, 0.6) is 0 Å². The van der Waals surface area contributed by atoms with E-state index in [1.807, 2.05) is 17.0 Å². The van der Waals surface area contributed by atoms with Gasteiger partial charge in [-0.05, 0) is 18.6 Å². The van der Waals surface area contributed by atoms with Crippen molar-refractivity contribution in [2.75, 3.05) is 11.4 Å². The molecule has 1 rings (SSSR count). The number of hydrogen-bond donors (Lipinski definition) is 2. The molecule has 0 saturated heterocycles. The Morgan fingerprint density at radius 1 is 1.31 bits per heavy atom. The third-order valence-corrected chi connectivity index (χ3v) is 2.50. The van der Waals surface area contributed by atoms with Crippen LogP contribution >= 0.6 is 0 Å². The van der Waals surface area contributed by atoms with Crippen LogP contribution in [0.3, 0.4) is 0 Å². The van der Waals surface area contributed by atoms with Crippen LogP contribution in [0.25, 0.3) is 0 Å². The Kier molecular flexibility index (Phi) is 5.32. The molecule has 0 radical (unpaired) electrons. The molecule has 0 saturated carbocycles. The third-order valence-electron chi connectivity index (χ3n) is 2.50. The Hall–Kier alpha value is -1.58. The number of nitrogens with two attached hydrogens (primary N) is 1. The summed E-state index contributed by atoms with van der Waals surface area (Å²) in [4.78, 5) is 5.78. The van der Waals surface area contributed by atoms with E-state index in [2.05, 4.69) is 11.9 Å². The summed E-state index contributed by atoms with van der Waals surface area (Å²) < 4.78 is 0. The van der Waals surface area contributed by atoms with Crippen molar-refractivity contribution >= 4 is 11.6 Å². The first-order valence-corrected chi connectivity index (χ1v) is 5.77. The highest BCUT2D eigenvalue weighted by Crippen LogP contribution is 2.13. The molecule has 0 aliphatic carbocycles. The zero-order valence-corrected chi connectivity index (χ0v) is 9.82. The van der Waals surface area contributed by atoms with Crippen LogP contribution in [0.15, 0.2) is 24.5 Å². The number of guanidine groups is 1. The third kappa shape index (κ3) is 3.88. The highest BCUT2D eigenvalue weighted by molar-refractivity contribution is 5.92. The minimum Gasteiger partial charge on any atom is -0.370 e. The number of unbranched alkanes of at least 4 members (excludes halogenated alkanes) is 3. The van der Waals surface area contributed by atoms with Crippen molar-refractivity contribution in [2.45, 2.75) is 32.6 Å². The van der Waals surface area contributed by atoms with E-state index in [-0.39, 0.29) is 5.96 Å². The van der Waals surface area contributed by atoms with Crippen LogP contribution in [-0.4, -0.2) is 17.5 Å². The maximum atomic E-state index is 7.55. The lowest BCUT2D eigenvalue weighted by Gasteiger charge is -2.22. The number of rotatable bonds is 6. The molecule has 0 aliphatic heterocycles. The molecule has 1 heterocycles. The second kappa shape index (κ2) is 6.82. The fourth-order valence-corrected chi connectivity index (χ4v) is 1.61. The summed E-state index contributed by atoms with van der Waals surface area (Å²) in [7, 11) is 0. The lowest BCUT2D eigenvalue weighted by molar-refractivity contribution is 0.670. The molecule has 0 fully saturated rings. The smallest absolute Gasteiger partial charge is 0.192 e. The van der Waals surface area contributed by atoms with Gasteiger partial charge in [0.1, 0.15) is 0 Å². The van der Waals surface area contributed by atoms with Crippen LogP contribution in [0.2, 0.25) is 0 Å². The number of pyridine rings is 1. The van der Waals surface area contributed by atoms with Gasteiger partial charge in [-0.3, -0.25) is 10.4 Å². The molecule has 1 aromatic rings. The lowest BCUT2D eigenvalue weighted by Crippen LogP contribution is -2.37. The van der Waals surface area contributed by atoms with Gasteiger partial charge in [-0.1, -0.05) is 26.2 Å². The molecule has 1 aromatic heterocycles. The van der Waals surface area contributed by atoms with Crippen LogP contribution in [0.4, 0.5) is 5.69 Å². The fourth-order valence-electron chi connectivity index (χ4n) is 1.61. The number of hydrogen-bond acceptors (Lipinski definition) is 2. The van der Waals surface area contributed by atoms with Crippen molar-refractivity contribution < 1.29 is 0 Å². The average Bonchev–Trinajstić information content (AvgIpc) is 2.30. The molecule has 0 amide bonds. The first kappa shape index (κ1) is 12.5. The van der Waals surface area contributed by atoms with Gasteiger partial charge in [-0.15, -0.1) is 0 Å². The van der Waals surface area contributed by atoms with Crippen molar-refractivity contribution in [3.63, 3.8) is 0 Å². The quantitative estimate of drug-likeness (QED) is 0.439. The zero-order chi connectivity index (χ0) is 11.8. The Balaban J connectivity index is 2.52. The first-order chi connectivity index (χ1) is 7.75. The Morgan fingerprint density at radius 2 is 2.00 bits per heavy atom. The Labute approximate surface area is 97.0 Å². The zero-order valence-electron chi connectivity index (χ0n) is 9.82. The molecule has 0 aliphatic rings. The Morgan fingerprint density at radius 3 is 2.56 bits per heavy atom. The molecule has 0 unspecified atom stereocenters. The molecule has 0 atom stereocenters. The predicted molar refractivity (Wildman–Crippen MR) is 67.6 cm³/mol. The van der Waals surface area contributed by atoms with Gasteiger partial charge < -0.3 is 10.6 Å². The van der Waals surface area contributed by atoms with Crippen molar-refractivity contribution in [1.82, 2.24) is 4.98 Å². The van der Waals surface area contributed by atoms with Crippen LogP contribution in [-0.2, 0) is 0 Å². The monoisotopic (exact) mass is 220 g/mol. The van der Waals surface area contributed by atoms with Crippen molar-refractivity contribution in [3.05, 3.63) is 24.5 Å². The van der Waals surface area contributed by atoms with E-state index in [4.69, 9.17) is 11.1 Å². The summed E-state index contributed by atoms with van der Waals surface area (Å²) in [5.74, 6) is 0.0997. The molecule has 0 spiro atoms.